The van der Waals surface area contributed by atoms with Crippen LogP contribution in [-0.2, 0) is 16.0 Å². The number of hydrogen-bond donors (Lipinski definition) is 2. The molecule has 0 radical (unpaired) electrons. The van der Waals surface area contributed by atoms with Crippen LogP contribution in [0, 0.1) is 5.41 Å². The number of carbonyl (C=O) groups excluding carboxylic acids is 1. The second-order valence-electron chi connectivity index (χ2n) is 6.53. The van der Waals surface area contributed by atoms with Gasteiger partial charge in [0.15, 0.2) is 0 Å². The topological polar surface area (TPSA) is 101 Å². The Morgan fingerprint density at radius 1 is 1.26 bits per heavy atom. The SMILES string of the molecule is CCCC(CNC(=O)OC(C)(C)C)(Cc1ncccn1)C(=O)O. The molecule has 7 heteroatoms. The van der Waals surface area contributed by atoms with E-state index in [4.69, 9.17) is 4.74 Å². The summed E-state index contributed by atoms with van der Waals surface area (Å²) in [6, 6.07) is 1.67. The van der Waals surface area contributed by atoms with E-state index in [1.807, 2.05) is 6.92 Å². The second kappa shape index (κ2) is 7.89. The first kappa shape index (κ1) is 18.9. The maximum Gasteiger partial charge on any atom is 0.407 e. The number of nitrogens with one attached hydrogen (secondary N) is 1. The van der Waals surface area contributed by atoms with E-state index in [0.717, 1.165) is 0 Å². The molecule has 2 N–H and O–H groups in total. The molecule has 128 valence electrons. The molecular formula is C16H25N3O4. The van der Waals surface area contributed by atoms with Crippen LogP contribution in [0.2, 0.25) is 0 Å². The Morgan fingerprint density at radius 2 is 1.87 bits per heavy atom. The Hall–Kier alpha value is -2.18. The maximum absolute atomic E-state index is 11.9. The molecule has 0 saturated heterocycles. The molecule has 1 unspecified atom stereocenters. The highest BCUT2D eigenvalue weighted by atomic mass is 16.6. The van der Waals surface area contributed by atoms with Gasteiger partial charge in [-0.15, -0.1) is 0 Å². The summed E-state index contributed by atoms with van der Waals surface area (Å²) < 4.78 is 5.17. The molecule has 0 aliphatic rings. The van der Waals surface area contributed by atoms with Gasteiger partial charge in [-0.05, 0) is 33.3 Å². The number of rotatable bonds is 7. The normalized spacial score (nSPS) is 13.9. The molecule has 1 aromatic rings. The first-order valence-electron chi connectivity index (χ1n) is 7.65. The van der Waals surface area contributed by atoms with E-state index >= 15 is 0 Å². The Morgan fingerprint density at radius 3 is 2.35 bits per heavy atom. The lowest BCUT2D eigenvalue weighted by molar-refractivity contribution is -0.149. The monoisotopic (exact) mass is 323 g/mol. The van der Waals surface area contributed by atoms with Crippen molar-refractivity contribution >= 4 is 12.1 Å². The Bertz CT molecular complexity index is 528. The molecule has 0 aliphatic heterocycles. The third-order valence-electron chi connectivity index (χ3n) is 3.27. The lowest BCUT2D eigenvalue weighted by atomic mass is 9.79. The van der Waals surface area contributed by atoms with E-state index in [1.54, 1.807) is 39.2 Å². The van der Waals surface area contributed by atoms with E-state index in [1.165, 1.54) is 0 Å². The third-order valence-corrected chi connectivity index (χ3v) is 3.27. The van der Waals surface area contributed by atoms with Crippen molar-refractivity contribution in [1.82, 2.24) is 15.3 Å². The van der Waals surface area contributed by atoms with Crippen LogP contribution in [0.25, 0.3) is 0 Å². The fraction of sp³-hybridized carbons (Fsp3) is 0.625. The van der Waals surface area contributed by atoms with Crippen molar-refractivity contribution in [3.8, 4) is 0 Å². The van der Waals surface area contributed by atoms with Gasteiger partial charge in [0.25, 0.3) is 0 Å². The van der Waals surface area contributed by atoms with Crippen LogP contribution in [0.1, 0.15) is 46.4 Å². The minimum absolute atomic E-state index is 0.0384. The number of aliphatic carboxylic acids is 1. The number of hydrogen-bond acceptors (Lipinski definition) is 5. The van der Waals surface area contributed by atoms with Crippen molar-refractivity contribution in [2.24, 2.45) is 5.41 Å². The standard InChI is InChI=1S/C16H25N3O4/c1-5-7-16(13(20)21,10-12-17-8-6-9-18-12)11-19-14(22)23-15(2,3)4/h6,8-9H,5,7,10-11H2,1-4H3,(H,19,22)(H,20,21). The summed E-state index contributed by atoms with van der Waals surface area (Å²) in [5, 5.41) is 12.3. The number of nitrogens with zero attached hydrogens (tertiary/aromatic N) is 2. The molecule has 0 aromatic carbocycles. The summed E-state index contributed by atoms with van der Waals surface area (Å²) in [5.41, 5.74) is -1.80. The Balaban J connectivity index is 2.87. The zero-order chi connectivity index (χ0) is 17.5. The van der Waals surface area contributed by atoms with Gasteiger partial charge in [0, 0.05) is 25.4 Å². The average Bonchev–Trinajstić information content (AvgIpc) is 2.44. The van der Waals surface area contributed by atoms with Crippen LogP contribution in [0.4, 0.5) is 4.79 Å². The highest BCUT2D eigenvalue weighted by Gasteiger charge is 2.39. The molecule has 0 spiro atoms. The minimum Gasteiger partial charge on any atom is -0.481 e. The zero-order valence-corrected chi connectivity index (χ0v) is 14.1. The summed E-state index contributed by atoms with van der Waals surface area (Å²) in [7, 11) is 0. The van der Waals surface area contributed by atoms with Gasteiger partial charge in [0.05, 0.1) is 5.41 Å². The first-order chi connectivity index (χ1) is 10.7. The van der Waals surface area contributed by atoms with Crippen LogP contribution in [0.5, 0.6) is 0 Å². The Labute approximate surface area is 136 Å². The second-order valence-corrected chi connectivity index (χ2v) is 6.53. The number of carboxylic acid groups (broad SMARTS) is 1. The summed E-state index contributed by atoms with van der Waals surface area (Å²) >= 11 is 0. The molecule has 1 aromatic heterocycles. The van der Waals surface area contributed by atoms with E-state index in [9.17, 15) is 14.7 Å². The van der Waals surface area contributed by atoms with Crippen molar-refractivity contribution < 1.29 is 19.4 Å². The van der Waals surface area contributed by atoms with Crippen molar-refractivity contribution in [2.45, 2.75) is 52.6 Å². The van der Waals surface area contributed by atoms with Crippen molar-refractivity contribution in [3.63, 3.8) is 0 Å². The van der Waals surface area contributed by atoms with Gasteiger partial charge in [-0.2, -0.15) is 0 Å². The fourth-order valence-electron chi connectivity index (χ4n) is 2.26. The molecular weight excluding hydrogens is 298 g/mol. The highest BCUT2D eigenvalue weighted by Crippen LogP contribution is 2.28. The maximum atomic E-state index is 11.9. The number of ether oxygens (including phenoxy) is 1. The number of carboxylic acids is 1. The lowest BCUT2D eigenvalue weighted by Gasteiger charge is -2.29. The van der Waals surface area contributed by atoms with Gasteiger partial charge >= 0.3 is 12.1 Å². The third kappa shape index (κ3) is 6.22. The summed E-state index contributed by atoms with van der Waals surface area (Å²) in [4.78, 5) is 31.9. The predicted octanol–water partition coefficient (Wildman–Crippen LogP) is 2.41. The fourth-order valence-corrected chi connectivity index (χ4v) is 2.26. The molecule has 0 bridgehead atoms. The van der Waals surface area contributed by atoms with Crippen molar-refractivity contribution in [3.05, 3.63) is 24.3 Å². The minimum atomic E-state index is -1.16. The quantitative estimate of drug-likeness (QED) is 0.799. The Kier molecular flexibility index (Phi) is 6.48. The molecule has 0 aliphatic carbocycles. The number of aromatic nitrogens is 2. The van der Waals surface area contributed by atoms with Crippen LogP contribution in [-0.4, -0.2) is 39.3 Å². The molecule has 0 saturated carbocycles. The average molecular weight is 323 g/mol. The van der Waals surface area contributed by atoms with Gasteiger partial charge in [0.2, 0.25) is 0 Å². The van der Waals surface area contributed by atoms with E-state index in [-0.39, 0.29) is 13.0 Å². The van der Waals surface area contributed by atoms with Gasteiger partial charge < -0.3 is 15.2 Å². The van der Waals surface area contributed by atoms with E-state index in [0.29, 0.717) is 18.7 Å². The molecule has 0 fully saturated rings. The van der Waals surface area contributed by atoms with E-state index < -0.39 is 23.1 Å². The zero-order valence-electron chi connectivity index (χ0n) is 14.1. The molecule has 23 heavy (non-hydrogen) atoms. The van der Waals surface area contributed by atoms with Gasteiger partial charge in [-0.25, -0.2) is 14.8 Å². The van der Waals surface area contributed by atoms with Gasteiger partial charge in [-0.1, -0.05) is 13.3 Å². The molecule has 7 nitrogen and oxygen atoms in total. The van der Waals surface area contributed by atoms with Crippen LogP contribution >= 0.6 is 0 Å². The predicted molar refractivity (Wildman–Crippen MR) is 84.9 cm³/mol. The molecule has 1 rings (SSSR count). The summed E-state index contributed by atoms with van der Waals surface area (Å²) in [6.45, 7) is 7.11. The first-order valence-corrected chi connectivity index (χ1v) is 7.65. The molecule has 1 amide bonds. The molecule has 1 heterocycles. The number of alkyl carbamates (subject to hydrolysis) is 1. The number of carbonyl (C=O) groups is 2. The lowest BCUT2D eigenvalue weighted by Crippen LogP contribution is -2.46. The van der Waals surface area contributed by atoms with E-state index in [2.05, 4.69) is 15.3 Å². The molecule has 1 atom stereocenters. The van der Waals surface area contributed by atoms with Crippen molar-refractivity contribution in [2.75, 3.05) is 6.54 Å². The van der Waals surface area contributed by atoms with Crippen LogP contribution in [0.15, 0.2) is 18.5 Å². The largest absolute Gasteiger partial charge is 0.481 e. The summed E-state index contributed by atoms with van der Waals surface area (Å²) in [5.74, 6) is -0.544. The van der Waals surface area contributed by atoms with Crippen molar-refractivity contribution in [1.29, 1.82) is 0 Å². The highest BCUT2D eigenvalue weighted by molar-refractivity contribution is 5.76. The van der Waals surface area contributed by atoms with Crippen LogP contribution < -0.4 is 5.32 Å². The number of amides is 1. The van der Waals surface area contributed by atoms with Gasteiger partial charge in [0.1, 0.15) is 11.4 Å². The van der Waals surface area contributed by atoms with Gasteiger partial charge in [-0.3, -0.25) is 4.79 Å². The van der Waals surface area contributed by atoms with Crippen LogP contribution in [0.3, 0.4) is 0 Å². The smallest absolute Gasteiger partial charge is 0.407 e. The summed E-state index contributed by atoms with van der Waals surface area (Å²) in [6.07, 6.45) is 3.72.